The van der Waals surface area contributed by atoms with E-state index in [1.54, 1.807) is 48.5 Å². The molecule has 0 spiro atoms. The number of benzene rings is 2. The molecule has 0 fully saturated rings. The van der Waals surface area contributed by atoms with E-state index < -0.39 is 11.9 Å². The van der Waals surface area contributed by atoms with Gasteiger partial charge in [-0.25, -0.2) is 10.2 Å². The van der Waals surface area contributed by atoms with Gasteiger partial charge in [-0.15, -0.1) is 0 Å². The molecule has 1 amide bonds. The minimum Gasteiger partial charge on any atom is -0.493 e. The average Bonchev–Trinajstić information content (AvgIpc) is 3.35. The molecule has 0 bridgehead atoms. The number of ether oxygens (including phenoxy) is 4. The van der Waals surface area contributed by atoms with Crippen LogP contribution in [0.25, 0.3) is 0 Å². The molecule has 0 aliphatic rings. The minimum atomic E-state index is -0.571. The lowest BCUT2D eigenvalue weighted by Gasteiger charge is -2.10. The van der Waals surface area contributed by atoms with Crippen molar-refractivity contribution in [2.75, 3.05) is 20.8 Å². The van der Waals surface area contributed by atoms with Gasteiger partial charge < -0.3 is 23.4 Å². The van der Waals surface area contributed by atoms with Crippen molar-refractivity contribution in [2.24, 2.45) is 5.10 Å². The molecular formula is C24H21N3O7. The highest BCUT2D eigenvalue weighted by molar-refractivity contribution is 5.86. The second kappa shape index (κ2) is 11.7. The molecule has 0 aliphatic carbocycles. The third-order valence-electron chi connectivity index (χ3n) is 4.37. The maximum Gasteiger partial charge on any atom is 0.373 e. The molecular weight excluding hydrogens is 442 g/mol. The Labute approximate surface area is 195 Å². The monoisotopic (exact) mass is 463 g/mol. The van der Waals surface area contributed by atoms with Crippen molar-refractivity contribution in [1.82, 2.24) is 5.43 Å². The van der Waals surface area contributed by atoms with Crippen LogP contribution in [0.2, 0.25) is 0 Å². The number of furan rings is 1. The number of nitrogens with zero attached hydrogens (tertiary/aromatic N) is 2. The molecule has 2 aromatic carbocycles. The van der Waals surface area contributed by atoms with Crippen LogP contribution in [0.4, 0.5) is 0 Å². The van der Waals surface area contributed by atoms with Crippen LogP contribution < -0.4 is 19.6 Å². The van der Waals surface area contributed by atoms with Crippen molar-refractivity contribution in [1.29, 1.82) is 5.26 Å². The quantitative estimate of drug-likeness (QED) is 0.276. The standard InChI is InChI=1S/C24H21N3O7/c1-30-22-11-16(7-9-20(22)32-14-18-8-10-21(34-18)24(29)31-2)13-26-27-23(28)15-33-19-6-4-3-5-17(19)12-25/h3-11,13H,14-15H2,1-2H3,(H,27,28)/b26-13+. The molecule has 3 rings (SSSR count). The largest absolute Gasteiger partial charge is 0.493 e. The van der Waals surface area contributed by atoms with Crippen molar-refractivity contribution in [3.8, 4) is 23.3 Å². The van der Waals surface area contributed by atoms with Gasteiger partial charge in [-0.3, -0.25) is 4.79 Å². The summed E-state index contributed by atoms with van der Waals surface area (Å²) in [6.45, 7) is -0.220. The number of rotatable bonds is 10. The van der Waals surface area contributed by atoms with Crippen molar-refractivity contribution >= 4 is 18.1 Å². The van der Waals surface area contributed by atoms with Crippen LogP contribution in [0.5, 0.6) is 17.2 Å². The van der Waals surface area contributed by atoms with Gasteiger partial charge in [-0.2, -0.15) is 10.4 Å². The smallest absolute Gasteiger partial charge is 0.373 e. The Balaban J connectivity index is 1.53. The number of nitriles is 1. The number of amides is 1. The molecule has 1 N–H and O–H groups in total. The first-order chi connectivity index (χ1) is 16.5. The number of carbonyl (C=O) groups is 2. The highest BCUT2D eigenvalue weighted by Crippen LogP contribution is 2.28. The van der Waals surface area contributed by atoms with Gasteiger partial charge in [0.2, 0.25) is 5.76 Å². The fraction of sp³-hybridized carbons (Fsp3) is 0.167. The SMILES string of the molecule is COC(=O)c1ccc(COc2ccc(/C=N/NC(=O)COc3ccccc3C#N)cc2OC)o1. The van der Waals surface area contributed by atoms with Gasteiger partial charge in [-0.1, -0.05) is 12.1 Å². The first kappa shape index (κ1) is 23.9. The van der Waals surface area contributed by atoms with Crippen LogP contribution in [0.3, 0.4) is 0 Å². The number of hydrogen-bond donors (Lipinski definition) is 1. The van der Waals surface area contributed by atoms with Gasteiger partial charge in [0.1, 0.15) is 24.2 Å². The molecule has 0 aliphatic heterocycles. The van der Waals surface area contributed by atoms with Crippen LogP contribution in [0, 0.1) is 11.3 Å². The maximum atomic E-state index is 12.0. The average molecular weight is 463 g/mol. The highest BCUT2D eigenvalue weighted by atomic mass is 16.5. The van der Waals surface area contributed by atoms with E-state index in [2.05, 4.69) is 15.3 Å². The Kier molecular flexibility index (Phi) is 8.24. The molecule has 1 heterocycles. The number of esters is 1. The van der Waals surface area contributed by atoms with Crippen molar-refractivity contribution in [3.63, 3.8) is 0 Å². The van der Waals surface area contributed by atoms with Crippen molar-refractivity contribution < 1.29 is 33.0 Å². The molecule has 0 saturated carbocycles. The summed E-state index contributed by atoms with van der Waals surface area (Å²) >= 11 is 0. The minimum absolute atomic E-state index is 0.0752. The maximum absolute atomic E-state index is 12.0. The second-order valence-corrected chi connectivity index (χ2v) is 6.65. The van der Waals surface area contributed by atoms with Gasteiger partial charge >= 0.3 is 5.97 Å². The Morgan fingerprint density at radius 2 is 1.88 bits per heavy atom. The summed E-state index contributed by atoms with van der Waals surface area (Å²) in [5.41, 5.74) is 3.34. The Hall–Kier alpha value is -4.78. The topological polar surface area (TPSA) is 132 Å². The molecule has 174 valence electrons. The first-order valence-electron chi connectivity index (χ1n) is 9.95. The number of nitrogens with one attached hydrogen (secondary N) is 1. The van der Waals surface area contributed by atoms with Crippen LogP contribution in [0.1, 0.15) is 27.4 Å². The zero-order chi connectivity index (χ0) is 24.3. The van der Waals surface area contributed by atoms with E-state index in [-0.39, 0.29) is 19.0 Å². The third-order valence-corrected chi connectivity index (χ3v) is 4.37. The number of carbonyl (C=O) groups excluding carboxylic acids is 2. The predicted molar refractivity (Wildman–Crippen MR) is 120 cm³/mol. The van der Waals surface area contributed by atoms with E-state index in [0.29, 0.717) is 34.1 Å². The predicted octanol–water partition coefficient (Wildman–Crippen LogP) is 3.05. The van der Waals surface area contributed by atoms with Gasteiger partial charge in [0.25, 0.3) is 5.91 Å². The Morgan fingerprint density at radius 1 is 1.06 bits per heavy atom. The van der Waals surface area contributed by atoms with Crippen LogP contribution in [-0.4, -0.2) is 38.9 Å². The molecule has 34 heavy (non-hydrogen) atoms. The van der Waals surface area contributed by atoms with Crippen molar-refractivity contribution in [2.45, 2.75) is 6.61 Å². The fourth-order valence-electron chi connectivity index (χ4n) is 2.74. The number of methoxy groups -OCH3 is 2. The lowest BCUT2D eigenvalue weighted by Crippen LogP contribution is -2.24. The molecule has 1 aromatic heterocycles. The summed E-state index contributed by atoms with van der Waals surface area (Å²) in [4.78, 5) is 23.4. The summed E-state index contributed by atoms with van der Waals surface area (Å²) in [6, 6.07) is 16.8. The molecule has 0 unspecified atom stereocenters. The van der Waals surface area contributed by atoms with Crippen LogP contribution >= 0.6 is 0 Å². The summed E-state index contributed by atoms with van der Waals surface area (Å²) < 4.78 is 26.4. The number of hydrogen-bond acceptors (Lipinski definition) is 9. The Bertz CT molecular complexity index is 1230. The molecule has 10 heteroatoms. The highest BCUT2D eigenvalue weighted by Gasteiger charge is 2.12. The van der Waals surface area contributed by atoms with Gasteiger partial charge in [-0.05, 0) is 48.0 Å². The zero-order valence-corrected chi connectivity index (χ0v) is 18.4. The molecule has 3 aromatic rings. The van der Waals surface area contributed by atoms with E-state index in [4.69, 9.17) is 23.9 Å². The van der Waals surface area contributed by atoms with Gasteiger partial charge in [0.15, 0.2) is 18.1 Å². The third kappa shape index (κ3) is 6.37. The van der Waals surface area contributed by atoms with Crippen LogP contribution in [-0.2, 0) is 16.1 Å². The van der Waals surface area contributed by atoms with Gasteiger partial charge in [0, 0.05) is 0 Å². The Morgan fingerprint density at radius 3 is 2.65 bits per heavy atom. The van der Waals surface area contributed by atoms with E-state index in [0.717, 1.165) is 0 Å². The normalized spacial score (nSPS) is 10.4. The molecule has 0 atom stereocenters. The molecule has 10 nitrogen and oxygen atoms in total. The van der Waals surface area contributed by atoms with E-state index in [9.17, 15) is 9.59 Å². The van der Waals surface area contributed by atoms with E-state index in [1.807, 2.05) is 6.07 Å². The van der Waals surface area contributed by atoms with E-state index >= 15 is 0 Å². The molecule has 0 radical (unpaired) electrons. The second-order valence-electron chi connectivity index (χ2n) is 6.65. The van der Waals surface area contributed by atoms with Crippen LogP contribution in [0.15, 0.2) is 64.1 Å². The molecule has 0 saturated heterocycles. The lowest BCUT2D eigenvalue weighted by molar-refractivity contribution is -0.123. The lowest BCUT2D eigenvalue weighted by atomic mass is 10.2. The summed E-state index contributed by atoms with van der Waals surface area (Å²) in [7, 11) is 2.76. The number of para-hydroxylation sites is 1. The zero-order valence-electron chi connectivity index (χ0n) is 18.4. The summed E-state index contributed by atoms with van der Waals surface area (Å²) in [5, 5.41) is 12.9. The number of hydrazone groups is 1. The summed E-state index contributed by atoms with van der Waals surface area (Å²) in [5.74, 6) is 0.673. The van der Waals surface area contributed by atoms with Crippen molar-refractivity contribution in [3.05, 3.63) is 77.2 Å². The summed E-state index contributed by atoms with van der Waals surface area (Å²) in [6.07, 6.45) is 1.43. The first-order valence-corrected chi connectivity index (χ1v) is 9.95. The fourth-order valence-corrected chi connectivity index (χ4v) is 2.74. The van der Waals surface area contributed by atoms with Gasteiger partial charge in [0.05, 0.1) is 26.0 Å². The van der Waals surface area contributed by atoms with E-state index in [1.165, 1.54) is 26.5 Å².